The summed E-state index contributed by atoms with van der Waals surface area (Å²) in [6.07, 6.45) is 0. The van der Waals surface area contributed by atoms with Gasteiger partial charge in [0.25, 0.3) is 5.91 Å². The maximum Gasteiger partial charge on any atom is 0.340 e. The average Bonchev–Trinajstić information content (AvgIpc) is 2.97. The van der Waals surface area contributed by atoms with Gasteiger partial charge in [0.1, 0.15) is 5.69 Å². The van der Waals surface area contributed by atoms with Crippen LogP contribution in [0.15, 0.2) is 29.2 Å². The third-order valence-corrected chi connectivity index (χ3v) is 6.66. The number of carbonyl (C=O) groups is 2. The minimum Gasteiger partial charge on any atom is -0.462 e. The number of anilines is 1. The van der Waals surface area contributed by atoms with E-state index < -0.39 is 21.9 Å². The molecular weight excluding hydrogens is 394 g/mol. The number of aryl methyl sites for hydroxylation is 1. The van der Waals surface area contributed by atoms with E-state index in [9.17, 15) is 18.0 Å². The zero-order chi connectivity index (χ0) is 21.8. The van der Waals surface area contributed by atoms with Crippen LogP contribution in [0.2, 0.25) is 0 Å². The van der Waals surface area contributed by atoms with Gasteiger partial charge in [-0.1, -0.05) is 13.8 Å². The molecule has 0 radical (unpaired) electrons. The van der Waals surface area contributed by atoms with Crippen LogP contribution in [0.1, 0.15) is 52.9 Å². The van der Waals surface area contributed by atoms with Crippen LogP contribution in [0.25, 0.3) is 0 Å². The fourth-order valence-electron chi connectivity index (χ4n) is 3.10. The first-order valence-corrected chi connectivity index (χ1v) is 10.9. The van der Waals surface area contributed by atoms with Crippen LogP contribution >= 0.6 is 0 Å². The molecule has 0 aliphatic carbocycles. The van der Waals surface area contributed by atoms with E-state index in [4.69, 9.17) is 4.74 Å². The molecule has 0 atom stereocenters. The summed E-state index contributed by atoms with van der Waals surface area (Å²) in [6, 6.07) is 5.98. The summed E-state index contributed by atoms with van der Waals surface area (Å²) < 4.78 is 31.5. The lowest BCUT2D eigenvalue weighted by atomic mass is 10.1. The number of benzene rings is 1. The Hall–Kier alpha value is -2.65. The molecule has 158 valence electrons. The largest absolute Gasteiger partial charge is 0.462 e. The van der Waals surface area contributed by atoms with E-state index >= 15 is 0 Å². The van der Waals surface area contributed by atoms with E-state index in [0.717, 1.165) is 0 Å². The number of carbonyl (C=O) groups excluding carboxylic acids is 2. The number of esters is 1. The monoisotopic (exact) mass is 421 g/mol. The second-order valence-electron chi connectivity index (χ2n) is 6.41. The summed E-state index contributed by atoms with van der Waals surface area (Å²) in [5, 5.41) is 2.72. The van der Waals surface area contributed by atoms with Gasteiger partial charge in [-0.05, 0) is 50.6 Å². The predicted molar refractivity (Wildman–Crippen MR) is 111 cm³/mol. The minimum absolute atomic E-state index is 0.163. The van der Waals surface area contributed by atoms with Crippen molar-refractivity contribution in [3.8, 4) is 0 Å². The Balaban J connectivity index is 2.22. The summed E-state index contributed by atoms with van der Waals surface area (Å²) in [5.74, 6) is -0.913. The highest BCUT2D eigenvalue weighted by Gasteiger charge is 2.24. The number of aromatic nitrogens is 1. The molecule has 1 heterocycles. The Morgan fingerprint density at radius 3 is 2.17 bits per heavy atom. The average molecular weight is 422 g/mol. The molecule has 0 aliphatic rings. The summed E-state index contributed by atoms with van der Waals surface area (Å²) in [5.41, 5.74) is 2.09. The standard InChI is InChI=1S/C20H27N3O5S/c1-6-23(7-2)29(26,27)16-11-9-15(10-12-16)22-19(24)18-13(4)17(14(5)21-18)20(25)28-8-3/h9-12,21H,6-8H2,1-5H3,(H,22,24). The zero-order valence-electron chi connectivity index (χ0n) is 17.3. The fourth-order valence-corrected chi connectivity index (χ4v) is 4.56. The number of ether oxygens (including phenoxy) is 1. The lowest BCUT2D eigenvalue weighted by molar-refractivity contribution is 0.0525. The van der Waals surface area contributed by atoms with Gasteiger partial charge in [0.15, 0.2) is 0 Å². The molecule has 0 unspecified atom stereocenters. The van der Waals surface area contributed by atoms with Crippen LogP contribution in [-0.4, -0.2) is 49.3 Å². The Labute approximate surface area is 171 Å². The van der Waals surface area contributed by atoms with Gasteiger partial charge in [-0.25, -0.2) is 13.2 Å². The van der Waals surface area contributed by atoms with Crippen LogP contribution in [0, 0.1) is 13.8 Å². The second kappa shape index (κ2) is 9.23. The third-order valence-electron chi connectivity index (χ3n) is 4.60. The van der Waals surface area contributed by atoms with Crippen molar-refractivity contribution in [3.63, 3.8) is 0 Å². The molecule has 1 amide bonds. The van der Waals surface area contributed by atoms with Crippen LogP contribution < -0.4 is 5.32 Å². The van der Waals surface area contributed by atoms with E-state index in [-0.39, 0.29) is 17.2 Å². The van der Waals surface area contributed by atoms with Crippen molar-refractivity contribution < 1.29 is 22.7 Å². The first-order chi connectivity index (χ1) is 13.7. The SMILES string of the molecule is CCOC(=O)c1c(C)[nH]c(C(=O)Nc2ccc(S(=O)(=O)N(CC)CC)cc2)c1C. The van der Waals surface area contributed by atoms with Gasteiger partial charge >= 0.3 is 5.97 Å². The quantitative estimate of drug-likeness (QED) is 0.637. The number of aromatic amines is 1. The number of rotatable bonds is 8. The highest BCUT2D eigenvalue weighted by atomic mass is 32.2. The normalized spacial score (nSPS) is 11.5. The summed E-state index contributed by atoms with van der Waals surface area (Å²) in [6.45, 7) is 9.65. The van der Waals surface area contributed by atoms with Crippen molar-refractivity contribution in [2.45, 2.75) is 39.5 Å². The number of H-pyrrole nitrogens is 1. The van der Waals surface area contributed by atoms with Gasteiger partial charge in [-0.15, -0.1) is 0 Å². The first kappa shape index (κ1) is 22.6. The maximum atomic E-state index is 12.6. The molecule has 0 saturated carbocycles. The van der Waals surface area contributed by atoms with E-state index in [2.05, 4.69) is 10.3 Å². The highest BCUT2D eigenvalue weighted by Crippen LogP contribution is 2.22. The lowest BCUT2D eigenvalue weighted by Gasteiger charge is -2.18. The number of hydrogen-bond acceptors (Lipinski definition) is 5. The van der Waals surface area contributed by atoms with Gasteiger partial charge in [-0.3, -0.25) is 4.79 Å². The minimum atomic E-state index is -3.56. The molecule has 9 heteroatoms. The molecule has 0 aliphatic heterocycles. The molecule has 29 heavy (non-hydrogen) atoms. The number of sulfonamides is 1. The molecule has 1 aromatic heterocycles. The summed E-state index contributed by atoms with van der Waals surface area (Å²) in [7, 11) is -3.56. The topological polar surface area (TPSA) is 109 Å². The van der Waals surface area contributed by atoms with E-state index in [1.807, 2.05) is 0 Å². The Morgan fingerprint density at radius 2 is 1.66 bits per heavy atom. The van der Waals surface area contributed by atoms with Crippen LogP contribution in [0.3, 0.4) is 0 Å². The van der Waals surface area contributed by atoms with Crippen molar-refractivity contribution in [1.29, 1.82) is 0 Å². The van der Waals surface area contributed by atoms with Crippen molar-refractivity contribution in [3.05, 3.63) is 46.8 Å². The molecule has 2 rings (SSSR count). The van der Waals surface area contributed by atoms with Crippen molar-refractivity contribution in [1.82, 2.24) is 9.29 Å². The van der Waals surface area contributed by atoms with Crippen molar-refractivity contribution >= 4 is 27.6 Å². The van der Waals surface area contributed by atoms with Crippen LogP contribution in [0.5, 0.6) is 0 Å². The molecule has 0 saturated heterocycles. The number of hydrogen-bond donors (Lipinski definition) is 2. The Kier molecular flexibility index (Phi) is 7.21. The zero-order valence-corrected chi connectivity index (χ0v) is 18.1. The third kappa shape index (κ3) is 4.68. The molecule has 0 bridgehead atoms. The molecule has 0 fully saturated rings. The van der Waals surface area contributed by atoms with E-state index in [1.165, 1.54) is 28.6 Å². The first-order valence-electron chi connectivity index (χ1n) is 9.45. The molecule has 8 nitrogen and oxygen atoms in total. The van der Waals surface area contributed by atoms with Crippen molar-refractivity contribution in [2.75, 3.05) is 25.0 Å². The molecular formula is C20H27N3O5S. The van der Waals surface area contributed by atoms with E-state index in [1.54, 1.807) is 34.6 Å². The van der Waals surface area contributed by atoms with Crippen LogP contribution in [0.4, 0.5) is 5.69 Å². The summed E-state index contributed by atoms with van der Waals surface area (Å²) in [4.78, 5) is 27.8. The number of nitrogens with one attached hydrogen (secondary N) is 2. The fraction of sp³-hybridized carbons (Fsp3) is 0.400. The smallest absolute Gasteiger partial charge is 0.340 e. The predicted octanol–water partition coefficient (Wildman–Crippen LogP) is 3.09. The van der Waals surface area contributed by atoms with Crippen molar-refractivity contribution in [2.24, 2.45) is 0 Å². The number of amides is 1. The van der Waals surface area contributed by atoms with Gasteiger partial charge in [0, 0.05) is 24.5 Å². The van der Waals surface area contributed by atoms with Gasteiger partial charge in [0.05, 0.1) is 17.1 Å². The van der Waals surface area contributed by atoms with Crippen LogP contribution in [-0.2, 0) is 14.8 Å². The molecule has 2 aromatic rings. The molecule has 2 N–H and O–H groups in total. The van der Waals surface area contributed by atoms with E-state index in [0.29, 0.717) is 35.6 Å². The Bertz CT molecular complexity index is 990. The van der Waals surface area contributed by atoms with Gasteiger partial charge in [0.2, 0.25) is 10.0 Å². The highest BCUT2D eigenvalue weighted by molar-refractivity contribution is 7.89. The maximum absolute atomic E-state index is 12.6. The molecule has 0 spiro atoms. The second-order valence-corrected chi connectivity index (χ2v) is 8.35. The lowest BCUT2D eigenvalue weighted by Crippen LogP contribution is -2.30. The number of nitrogens with zero attached hydrogens (tertiary/aromatic N) is 1. The summed E-state index contributed by atoms with van der Waals surface area (Å²) >= 11 is 0. The van der Waals surface area contributed by atoms with Gasteiger partial charge < -0.3 is 15.0 Å². The van der Waals surface area contributed by atoms with Gasteiger partial charge in [-0.2, -0.15) is 4.31 Å². The Morgan fingerprint density at radius 1 is 1.07 bits per heavy atom. The molecule has 1 aromatic carbocycles.